The Morgan fingerprint density at radius 1 is 1.21 bits per heavy atom. The summed E-state index contributed by atoms with van der Waals surface area (Å²) in [5.74, 6) is 0.602. The molecule has 2 N–H and O–H groups in total. The summed E-state index contributed by atoms with van der Waals surface area (Å²) in [4.78, 5) is 23.4. The highest BCUT2D eigenvalue weighted by atomic mass is 32.1. The van der Waals surface area contributed by atoms with Crippen molar-refractivity contribution in [3.8, 4) is 27.4 Å². The minimum absolute atomic E-state index is 0.120. The molecule has 4 aromatic rings. The number of thiophene rings is 1. The molecule has 0 bridgehead atoms. The summed E-state index contributed by atoms with van der Waals surface area (Å²) in [6.45, 7) is 4.35. The number of benzene rings is 1. The highest BCUT2D eigenvalue weighted by molar-refractivity contribution is 7.16. The molecule has 34 heavy (non-hydrogen) atoms. The van der Waals surface area contributed by atoms with Crippen LogP contribution in [0.25, 0.3) is 21.7 Å². The monoisotopic (exact) mass is 491 g/mol. The van der Waals surface area contributed by atoms with E-state index in [0.717, 1.165) is 51.6 Å². The first-order valence-electron chi connectivity index (χ1n) is 11.3. The Bertz CT molecular complexity index is 1290. The van der Waals surface area contributed by atoms with Crippen molar-refractivity contribution < 1.29 is 14.6 Å². The van der Waals surface area contributed by atoms with Crippen LogP contribution in [0.5, 0.6) is 5.75 Å². The Kier molecular flexibility index (Phi) is 6.34. The van der Waals surface area contributed by atoms with Crippen molar-refractivity contribution in [2.24, 2.45) is 5.92 Å². The summed E-state index contributed by atoms with van der Waals surface area (Å²) < 4.78 is 5.87. The zero-order valence-electron chi connectivity index (χ0n) is 18.9. The standard InChI is InChI=1S/C26H25N3O3S2/c1-15(2)12-22-23(16-5-7-18(8-6-16)32-19-9-10-19)28-26(34-22)29-24-20(25(30)31)13-17(14-27-24)21-4-3-11-33-21/h3-8,11,13-15,19H,9-10,12H2,1-2H3,(H,30,31)(H,27,28,29). The Hall–Kier alpha value is -3.23. The van der Waals surface area contributed by atoms with Crippen LogP contribution in [0, 0.1) is 5.92 Å². The molecule has 0 atom stereocenters. The van der Waals surface area contributed by atoms with Gasteiger partial charge < -0.3 is 15.2 Å². The molecule has 3 aromatic heterocycles. The number of rotatable bonds is 9. The van der Waals surface area contributed by atoms with Crippen LogP contribution in [0.2, 0.25) is 0 Å². The van der Waals surface area contributed by atoms with Gasteiger partial charge in [0.15, 0.2) is 5.13 Å². The van der Waals surface area contributed by atoms with Gasteiger partial charge in [0.1, 0.15) is 17.1 Å². The lowest BCUT2D eigenvalue weighted by Crippen LogP contribution is -2.05. The fourth-order valence-electron chi connectivity index (χ4n) is 3.62. The van der Waals surface area contributed by atoms with Crippen LogP contribution in [0.4, 0.5) is 10.9 Å². The number of thiazole rings is 1. The van der Waals surface area contributed by atoms with Crippen molar-refractivity contribution in [3.05, 3.63) is 64.5 Å². The number of aromatic carboxylic acids is 1. The number of ether oxygens (including phenoxy) is 1. The maximum Gasteiger partial charge on any atom is 0.339 e. The third-order valence-electron chi connectivity index (χ3n) is 5.39. The fraction of sp³-hybridized carbons (Fsp3) is 0.269. The van der Waals surface area contributed by atoms with Gasteiger partial charge in [0, 0.05) is 27.1 Å². The second-order valence-electron chi connectivity index (χ2n) is 8.76. The van der Waals surface area contributed by atoms with Crippen LogP contribution in [0.15, 0.2) is 54.0 Å². The molecule has 174 valence electrons. The van der Waals surface area contributed by atoms with E-state index < -0.39 is 5.97 Å². The van der Waals surface area contributed by atoms with Gasteiger partial charge in [-0.1, -0.05) is 19.9 Å². The van der Waals surface area contributed by atoms with Crippen LogP contribution in [0.1, 0.15) is 41.9 Å². The molecule has 0 saturated heterocycles. The molecule has 1 aliphatic rings. The zero-order chi connectivity index (χ0) is 23.7. The van der Waals surface area contributed by atoms with E-state index >= 15 is 0 Å². The van der Waals surface area contributed by atoms with E-state index in [4.69, 9.17) is 9.72 Å². The molecule has 0 radical (unpaired) electrons. The van der Waals surface area contributed by atoms with Gasteiger partial charge in [-0.2, -0.15) is 0 Å². The first-order chi connectivity index (χ1) is 16.5. The number of nitrogens with one attached hydrogen (secondary N) is 1. The molecule has 0 unspecified atom stereocenters. The van der Waals surface area contributed by atoms with E-state index in [-0.39, 0.29) is 11.4 Å². The van der Waals surface area contributed by atoms with Crippen molar-refractivity contribution in [2.75, 3.05) is 5.32 Å². The lowest BCUT2D eigenvalue weighted by molar-refractivity contribution is 0.0697. The number of hydrogen-bond acceptors (Lipinski definition) is 7. The normalized spacial score (nSPS) is 13.3. The first kappa shape index (κ1) is 22.6. The van der Waals surface area contributed by atoms with Crippen LogP contribution < -0.4 is 10.1 Å². The molecule has 0 amide bonds. The van der Waals surface area contributed by atoms with Crippen LogP contribution in [-0.2, 0) is 6.42 Å². The SMILES string of the molecule is CC(C)Cc1sc(Nc2ncc(-c3cccs3)cc2C(=O)O)nc1-c1ccc(OC2CC2)cc1. The molecule has 3 heterocycles. The molecular formula is C26H25N3O3S2. The number of aromatic nitrogens is 2. The Balaban J connectivity index is 1.45. The molecule has 1 aliphatic carbocycles. The van der Waals surface area contributed by atoms with Crippen LogP contribution in [-0.4, -0.2) is 27.1 Å². The molecule has 0 aliphatic heterocycles. The van der Waals surface area contributed by atoms with Crippen LogP contribution >= 0.6 is 22.7 Å². The van der Waals surface area contributed by atoms with Crippen molar-refractivity contribution in [1.29, 1.82) is 0 Å². The van der Waals surface area contributed by atoms with Gasteiger partial charge in [-0.25, -0.2) is 14.8 Å². The molecule has 6 nitrogen and oxygen atoms in total. The molecule has 5 rings (SSSR count). The summed E-state index contributed by atoms with van der Waals surface area (Å²) in [7, 11) is 0. The number of carboxylic acids is 1. The van der Waals surface area contributed by atoms with Gasteiger partial charge in [-0.15, -0.1) is 22.7 Å². The van der Waals surface area contributed by atoms with Crippen LogP contribution in [0.3, 0.4) is 0 Å². The smallest absolute Gasteiger partial charge is 0.339 e. The second-order valence-corrected chi connectivity index (χ2v) is 10.8. The van der Waals surface area contributed by atoms with Gasteiger partial charge in [0.2, 0.25) is 0 Å². The molecule has 1 fully saturated rings. The lowest BCUT2D eigenvalue weighted by atomic mass is 10.0. The van der Waals surface area contributed by atoms with E-state index in [9.17, 15) is 9.90 Å². The third kappa shape index (κ3) is 5.13. The highest BCUT2D eigenvalue weighted by Crippen LogP contribution is 2.36. The molecule has 1 saturated carbocycles. The van der Waals surface area contributed by atoms with E-state index in [2.05, 4.69) is 24.1 Å². The van der Waals surface area contributed by atoms with E-state index in [1.54, 1.807) is 34.9 Å². The molecule has 0 spiro atoms. The summed E-state index contributed by atoms with van der Waals surface area (Å²) in [5, 5.41) is 15.6. The Morgan fingerprint density at radius 2 is 2.00 bits per heavy atom. The van der Waals surface area contributed by atoms with Crippen molar-refractivity contribution in [3.63, 3.8) is 0 Å². The van der Waals surface area contributed by atoms with Gasteiger partial charge in [0.05, 0.1) is 11.8 Å². The zero-order valence-corrected chi connectivity index (χ0v) is 20.6. The highest BCUT2D eigenvalue weighted by Gasteiger charge is 2.23. The Morgan fingerprint density at radius 3 is 2.65 bits per heavy atom. The van der Waals surface area contributed by atoms with Crippen molar-refractivity contribution in [2.45, 2.75) is 39.2 Å². The average molecular weight is 492 g/mol. The van der Waals surface area contributed by atoms with Gasteiger partial charge in [0.25, 0.3) is 0 Å². The Labute approximate surface area is 206 Å². The van der Waals surface area contributed by atoms with E-state index in [0.29, 0.717) is 17.2 Å². The number of anilines is 2. The number of hydrogen-bond donors (Lipinski definition) is 2. The maximum absolute atomic E-state index is 12.0. The predicted octanol–water partition coefficient (Wildman–Crippen LogP) is 7.12. The van der Waals surface area contributed by atoms with Gasteiger partial charge in [-0.05, 0) is 67.0 Å². The van der Waals surface area contributed by atoms with Crippen molar-refractivity contribution >= 4 is 39.6 Å². The minimum Gasteiger partial charge on any atom is -0.490 e. The third-order valence-corrected chi connectivity index (χ3v) is 7.31. The second kappa shape index (κ2) is 9.56. The quantitative estimate of drug-likeness (QED) is 0.259. The fourth-order valence-corrected chi connectivity index (χ4v) is 5.52. The summed E-state index contributed by atoms with van der Waals surface area (Å²) in [6, 6.07) is 13.6. The summed E-state index contributed by atoms with van der Waals surface area (Å²) in [5.41, 5.74) is 2.83. The van der Waals surface area contributed by atoms with E-state index in [1.807, 2.05) is 41.8 Å². The summed E-state index contributed by atoms with van der Waals surface area (Å²) in [6.07, 6.45) is 5.19. The largest absolute Gasteiger partial charge is 0.490 e. The van der Waals surface area contributed by atoms with Gasteiger partial charge in [-0.3, -0.25) is 0 Å². The minimum atomic E-state index is -1.03. The lowest BCUT2D eigenvalue weighted by Gasteiger charge is -2.08. The first-order valence-corrected chi connectivity index (χ1v) is 13.0. The topological polar surface area (TPSA) is 84.3 Å². The maximum atomic E-state index is 12.0. The van der Waals surface area contributed by atoms with E-state index in [1.165, 1.54) is 0 Å². The number of carbonyl (C=O) groups is 1. The number of nitrogens with zero attached hydrogens (tertiary/aromatic N) is 2. The number of pyridine rings is 1. The molecular weight excluding hydrogens is 466 g/mol. The van der Waals surface area contributed by atoms with Gasteiger partial charge >= 0.3 is 5.97 Å². The molecule has 1 aromatic carbocycles. The van der Waals surface area contributed by atoms with Crippen molar-refractivity contribution in [1.82, 2.24) is 9.97 Å². The molecule has 8 heteroatoms. The predicted molar refractivity (Wildman–Crippen MR) is 138 cm³/mol. The number of carboxylic acid groups (broad SMARTS) is 1. The average Bonchev–Trinajstić information content (AvgIpc) is 3.29. The summed E-state index contributed by atoms with van der Waals surface area (Å²) >= 11 is 3.09.